The van der Waals surface area contributed by atoms with Crippen LogP contribution < -0.4 is 5.43 Å². The van der Waals surface area contributed by atoms with Gasteiger partial charge in [-0.15, -0.1) is 0 Å². The maximum absolute atomic E-state index is 13.0. The van der Waals surface area contributed by atoms with Crippen LogP contribution in [0.25, 0.3) is 16.6 Å². The monoisotopic (exact) mass is 283 g/mol. The molecule has 0 saturated carbocycles. The molecule has 104 valence electrons. The van der Waals surface area contributed by atoms with Crippen molar-refractivity contribution < 1.29 is 14.3 Å². The van der Waals surface area contributed by atoms with Gasteiger partial charge >= 0.3 is 5.97 Å². The van der Waals surface area contributed by atoms with Gasteiger partial charge in [-0.2, -0.15) is 0 Å². The molecule has 0 aliphatic rings. The fraction of sp³-hybridized carbons (Fsp3) is 0. The molecule has 1 heterocycles. The van der Waals surface area contributed by atoms with Crippen molar-refractivity contribution in [3.8, 4) is 5.69 Å². The Labute approximate surface area is 118 Å². The van der Waals surface area contributed by atoms with Crippen molar-refractivity contribution in [3.05, 3.63) is 76.3 Å². The molecule has 0 spiro atoms. The molecule has 21 heavy (non-hydrogen) atoms. The average molecular weight is 283 g/mol. The summed E-state index contributed by atoms with van der Waals surface area (Å²) in [6.45, 7) is 0. The molecule has 3 aromatic rings. The number of hydrogen-bond acceptors (Lipinski definition) is 2. The van der Waals surface area contributed by atoms with E-state index in [1.807, 2.05) is 0 Å². The van der Waals surface area contributed by atoms with Gasteiger partial charge in [0.1, 0.15) is 11.4 Å². The molecule has 0 aliphatic carbocycles. The first-order chi connectivity index (χ1) is 10.1. The molecule has 3 rings (SSSR count). The molecular weight excluding hydrogens is 273 g/mol. The summed E-state index contributed by atoms with van der Waals surface area (Å²) < 4.78 is 14.6. The lowest BCUT2D eigenvalue weighted by molar-refractivity contribution is 0.0695. The number of aromatic nitrogens is 1. The number of hydrogen-bond donors (Lipinski definition) is 1. The Morgan fingerprint density at radius 2 is 1.71 bits per heavy atom. The van der Waals surface area contributed by atoms with E-state index in [4.69, 9.17) is 5.11 Å². The summed E-state index contributed by atoms with van der Waals surface area (Å²) in [4.78, 5) is 23.4. The molecule has 5 heteroatoms. The van der Waals surface area contributed by atoms with Crippen LogP contribution in [0.1, 0.15) is 10.4 Å². The maximum atomic E-state index is 13.0. The zero-order chi connectivity index (χ0) is 15.0. The minimum Gasteiger partial charge on any atom is -0.477 e. The van der Waals surface area contributed by atoms with Crippen LogP contribution in [0, 0.1) is 5.82 Å². The Bertz CT molecular complexity index is 898. The Hall–Kier alpha value is -2.95. The minimum atomic E-state index is -1.29. The molecule has 2 aromatic carbocycles. The molecule has 0 saturated heterocycles. The van der Waals surface area contributed by atoms with Gasteiger partial charge in [0.15, 0.2) is 0 Å². The predicted octanol–water partition coefficient (Wildman–Crippen LogP) is 2.83. The van der Waals surface area contributed by atoms with Crippen LogP contribution >= 0.6 is 0 Å². The van der Waals surface area contributed by atoms with E-state index in [1.165, 1.54) is 30.5 Å². The SMILES string of the molecule is O=C(O)c1cn(-c2ccc(F)cc2)c2ccccc2c1=O. The zero-order valence-electron chi connectivity index (χ0n) is 10.8. The highest BCUT2D eigenvalue weighted by Crippen LogP contribution is 2.18. The summed E-state index contributed by atoms with van der Waals surface area (Å²) in [6, 6.07) is 12.3. The van der Waals surface area contributed by atoms with Gasteiger partial charge in [-0.3, -0.25) is 4.79 Å². The number of fused-ring (bicyclic) bond motifs is 1. The lowest BCUT2D eigenvalue weighted by Crippen LogP contribution is -2.18. The normalized spacial score (nSPS) is 10.7. The van der Waals surface area contributed by atoms with E-state index in [2.05, 4.69) is 0 Å². The second-order valence-electron chi connectivity index (χ2n) is 4.54. The number of pyridine rings is 1. The highest BCUT2D eigenvalue weighted by atomic mass is 19.1. The van der Waals surface area contributed by atoms with Crippen molar-refractivity contribution in [2.45, 2.75) is 0 Å². The summed E-state index contributed by atoms with van der Waals surface area (Å²) >= 11 is 0. The van der Waals surface area contributed by atoms with Crippen LogP contribution in [0.3, 0.4) is 0 Å². The average Bonchev–Trinajstić information content (AvgIpc) is 2.49. The van der Waals surface area contributed by atoms with Crippen LogP contribution in [0.15, 0.2) is 59.5 Å². The zero-order valence-corrected chi connectivity index (χ0v) is 10.8. The number of carboxylic acids is 1. The van der Waals surface area contributed by atoms with Gasteiger partial charge in [0, 0.05) is 17.3 Å². The highest BCUT2D eigenvalue weighted by molar-refractivity contribution is 5.93. The summed E-state index contributed by atoms with van der Waals surface area (Å²) in [5.41, 5.74) is 0.295. The third-order valence-electron chi connectivity index (χ3n) is 3.25. The summed E-state index contributed by atoms with van der Waals surface area (Å²) in [7, 11) is 0. The van der Waals surface area contributed by atoms with Gasteiger partial charge in [-0.1, -0.05) is 12.1 Å². The number of rotatable bonds is 2. The van der Waals surface area contributed by atoms with E-state index in [1.54, 1.807) is 28.8 Å². The number of halogens is 1. The molecule has 0 unspecified atom stereocenters. The summed E-state index contributed by atoms with van der Waals surface area (Å²) in [5, 5.41) is 9.47. The number of para-hydroxylation sites is 1. The van der Waals surface area contributed by atoms with Gasteiger partial charge < -0.3 is 9.67 Å². The first-order valence-corrected chi connectivity index (χ1v) is 6.21. The Balaban J connectivity index is 2.41. The van der Waals surface area contributed by atoms with Gasteiger partial charge in [0.25, 0.3) is 0 Å². The van der Waals surface area contributed by atoms with Crippen molar-refractivity contribution in [2.75, 3.05) is 0 Å². The number of carbonyl (C=O) groups is 1. The predicted molar refractivity (Wildman–Crippen MR) is 76.5 cm³/mol. The number of benzene rings is 2. The second-order valence-corrected chi connectivity index (χ2v) is 4.54. The lowest BCUT2D eigenvalue weighted by Gasteiger charge is -2.12. The van der Waals surface area contributed by atoms with Crippen LogP contribution in [-0.4, -0.2) is 15.6 Å². The van der Waals surface area contributed by atoms with Gasteiger partial charge in [0.05, 0.1) is 5.52 Å². The van der Waals surface area contributed by atoms with E-state index in [9.17, 15) is 14.0 Å². The molecule has 0 fully saturated rings. The van der Waals surface area contributed by atoms with Crippen LogP contribution in [0.4, 0.5) is 4.39 Å². The van der Waals surface area contributed by atoms with Gasteiger partial charge in [-0.25, -0.2) is 9.18 Å². The Morgan fingerprint density at radius 1 is 1.05 bits per heavy atom. The standard InChI is InChI=1S/C16H10FNO3/c17-10-5-7-11(8-6-10)18-9-13(16(20)21)15(19)12-3-1-2-4-14(12)18/h1-9H,(H,20,21). The molecule has 0 bridgehead atoms. The van der Waals surface area contributed by atoms with Crippen molar-refractivity contribution in [1.29, 1.82) is 0 Å². The van der Waals surface area contributed by atoms with Crippen LogP contribution in [0.2, 0.25) is 0 Å². The molecular formula is C16H10FNO3. The van der Waals surface area contributed by atoms with E-state index in [0.717, 1.165) is 0 Å². The molecule has 0 atom stereocenters. The first kappa shape index (κ1) is 13.1. The van der Waals surface area contributed by atoms with Crippen molar-refractivity contribution in [1.82, 2.24) is 4.57 Å². The van der Waals surface area contributed by atoms with E-state index in [-0.39, 0.29) is 11.4 Å². The van der Waals surface area contributed by atoms with E-state index in [0.29, 0.717) is 16.6 Å². The first-order valence-electron chi connectivity index (χ1n) is 6.21. The third-order valence-corrected chi connectivity index (χ3v) is 3.25. The van der Waals surface area contributed by atoms with Crippen LogP contribution in [0.5, 0.6) is 0 Å². The Kier molecular flexibility index (Phi) is 3.02. The maximum Gasteiger partial charge on any atom is 0.341 e. The smallest absolute Gasteiger partial charge is 0.341 e. The Morgan fingerprint density at radius 3 is 2.38 bits per heavy atom. The molecule has 0 radical (unpaired) electrons. The van der Waals surface area contributed by atoms with E-state index >= 15 is 0 Å². The quantitative estimate of drug-likeness (QED) is 0.786. The number of carboxylic acid groups (broad SMARTS) is 1. The number of nitrogens with zero attached hydrogens (tertiary/aromatic N) is 1. The summed E-state index contributed by atoms with van der Waals surface area (Å²) in [5.74, 6) is -1.68. The molecule has 0 aliphatic heterocycles. The van der Waals surface area contributed by atoms with Crippen molar-refractivity contribution in [3.63, 3.8) is 0 Å². The van der Waals surface area contributed by atoms with Crippen LogP contribution in [-0.2, 0) is 0 Å². The molecule has 1 N–H and O–H groups in total. The topological polar surface area (TPSA) is 59.3 Å². The fourth-order valence-electron chi connectivity index (χ4n) is 2.25. The fourth-order valence-corrected chi connectivity index (χ4v) is 2.25. The lowest BCUT2D eigenvalue weighted by atomic mass is 10.1. The highest BCUT2D eigenvalue weighted by Gasteiger charge is 2.14. The van der Waals surface area contributed by atoms with Gasteiger partial charge in [-0.05, 0) is 36.4 Å². The minimum absolute atomic E-state index is 0.307. The molecule has 1 aromatic heterocycles. The van der Waals surface area contributed by atoms with Gasteiger partial charge in [0.2, 0.25) is 5.43 Å². The van der Waals surface area contributed by atoms with Crippen molar-refractivity contribution in [2.24, 2.45) is 0 Å². The molecule has 0 amide bonds. The van der Waals surface area contributed by atoms with Crippen molar-refractivity contribution >= 4 is 16.9 Å². The number of aromatic carboxylic acids is 1. The molecule has 4 nitrogen and oxygen atoms in total. The summed E-state index contributed by atoms with van der Waals surface area (Å²) in [6.07, 6.45) is 1.26. The third kappa shape index (κ3) is 2.18. The largest absolute Gasteiger partial charge is 0.477 e. The second kappa shape index (κ2) is 4.86. The van der Waals surface area contributed by atoms with E-state index < -0.39 is 11.4 Å².